The molecule has 2 N–H and O–H groups in total. The third-order valence-electron chi connectivity index (χ3n) is 4.13. The highest BCUT2D eigenvalue weighted by Crippen LogP contribution is 2.22. The summed E-state index contributed by atoms with van der Waals surface area (Å²) < 4.78 is 8.12. The van der Waals surface area contributed by atoms with Crippen molar-refractivity contribution in [1.82, 2.24) is 9.55 Å². The summed E-state index contributed by atoms with van der Waals surface area (Å²) in [6.45, 7) is 6.08. The van der Waals surface area contributed by atoms with Gasteiger partial charge in [-0.1, -0.05) is 26.0 Å². The first-order valence-corrected chi connectivity index (χ1v) is 8.58. The van der Waals surface area contributed by atoms with Crippen LogP contribution >= 0.6 is 0 Å². The lowest BCUT2D eigenvalue weighted by atomic mass is 10.2. The zero-order chi connectivity index (χ0) is 16.9. The summed E-state index contributed by atoms with van der Waals surface area (Å²) in [4.78, 5) is 4.79. The molecule has 1 heterocycles. The third kappa shape index (κ3) is 3.70. The van der Waals surface area contributed by atoms with Crippen molar-refractivity contribution < 1.29 is 4.74 Å². The number of unbranched alkanes of at least 4 members (excludes halogenated alkanes) is 1. The predicted molar refractivity (Wildman–Crippen MR) is 99.4 cm³/mol. The zero-order valence-electron chi connectivity index (χ0n) is 14.4. The first-order valence-electron chi connectivity index (χ1n) is 8.58. The van der Waals surface area contributed by atoms with Crippen molar-refractivity contribution in [1.29, 1.82) is 0 Å². The number of aromatic nitrogens is 2. The molecular formula is C20H25N3O. The van der Waals surface area contributed by atoms with Crippen molar-refractivity contribution in [3.63, 3.8) is 0 Å². The molecule has 3 rings (SSSR count). The van der Waals surface area contributed by atoms with E-state index in [-0.39, 0.29) is 0 Å². The Morgan fingerprint density at radius 1 is 1.04 bits per heavy atom. The molecule has 0 radical (unpaired) electrons. The van der Waals surface area contributed by atoms with Gasteiger partial charge in [0.15, 0.2) is 0 Å². The molecule has 0 atom stereocenters. The number of hydrogen-bond donors (Lipinski definition) is 1. The summed E-state index contributed by atoms with van der Waals surface area (Å²) in [6, 6.07) is 15.9. The molecule has 0 aliphatic heterocycles. The molecule has 0 aliphatic rings. The van der Waals surface area contributed by atoms with Crippen LogP contribution in [0.3, 0.4) is 0 Å². The normalized spacial score (nSPS) is 11.3. The molecule has 0 bridgehead atoms. The van der Waals surface area contributed by atoms with Gasteiger partial charge in [0.2, 0.25) is 0 Å². The van der Waals surface area contributed by atoms with E-state index in [4.69, 9.17) is 15.5 Å². The second kappa shape index (κ2) is 7.39. The second-order valence-electron chi connectivity index (χ2n) is 6.39. The van der Waals surface area contributed by atoms with E-state index >= 15 is 0 Å². The number of nitrogen functional groups attached to an aromatic ring is 1. The Morgan fingerprint density at radius 3 is 2.54 bits per heavy atom. The fraction of sp³-hybridized carbons (Fsp3) is 0.350. The Bertz CT molecular complexity index is 790. The Kier molecular flexibility index (Phi) is 5.04. The number of fused-ring (bicyclic) bond motifs is 1. The fourth-order valence-electron chi connectivity index (χ4n) is 2.90. The number of nitrogens with zero attached hydrogens (tertiary/aromatic N) is 2. The van der Waals surface area contributed by atoms with Gasteiger partial charge in [-0.3, -0.25) is 0 Å². The summed E-state index contributed by atoms with van der Waals surface area (Å²) in [5.74, 6) is 2.46. The number of nitrogens with two attached hydrogens (primary N) is 1. The number of ether oxygens (including phenoxy) is 1. The molecule has 0 amide bonds. The molecule has 0 saturated heterocycles. The van der Waals surface area contributed by atoms with Gasteiger partial charge in [0, 0.05) is 18.2 Å². The van der Waals surface area contributed by atoms with Crippen LogP contribution in [0.2, 0.25) is 0 Å². The molecule has 1 aromatic heterocycles. The lowest BCUT2D eigenvalue weighted by Crippen LogP contribution is -2.07. The largest absolute Gasteiger partial charge is 0.494 e. The van der Waals surface area contributed by atoms with Gasteiger partial charge < -0.3 is 15.0 Å². The number of benzene rings is 2. The number of rotatable bonds is 7. The molecule has 0 saturated carbocycles. The summed E-state index contributed by atoms with van der Waals surface area (Å²) in [7, 11) is 0. The minimum absolute atomic E-state index is 0.420. The molecule has 126 valence electrons. The van der Waals surface area contributed by atoms with Gasteiger partial charge in [-0.05, 0) is 49.2 Å². The van der Waals surface area contributed by atoms with Crippen LogP contribution < -0.4 is 10.5 Å². The van der Waals surface area contributed by atoms with Crippen molar-refractivity contribution in [2.45, 2.75) is 39.2 Å². The molecule has 4 nitrogen and oxygen atoms in total. The van der Waals surface area contributed by atoms with E-state index in [0.29, 0.717) is 12.5 Å². The molecule has 3 aromatic rings. The van der Waals surface area contributed by atoms with Gasteiger partial charge in [0.05, 0.1) is 17.6 Å². The van der Waals surface area contributed by atoms with Gasteiger partial charge in [0.25, 0.3) is 0 Å². The molecular weight excluding hydrogens is 298 g/mol. The van der Waals surface area contributed by atoms with E-state index < -0.39 is 0 Å². The van der Waals surface area contributed by atoms with E-state index in [2.05, 4.69) is 36.6 Å². The van der Waals surface area contributed by atoms with Gasteiger partial charge in [-0.2, -0.15) is 0 Å². The van der Waals surface area contributed by atoms with Crippen molar-refractivity contribution >= 4 is 16.7 Å². The van der Waals surface area contributed by atoms with Crippen LogP contribution in [0.15, 0.2) is 48.5 Å². The van der Waals surface area contributed by atoms with Crippen molar-refractivity contribution in [2.24, 2.45) is 0 Å². The topological polar surface area (TPSA) is 53.1 Å². The van der Waals surface area contributed by atoms with Crippen LogP contribution in [-0.2, 0) is 6.54 Å². The SMILES string of the molecule is CC(C)c1nc2ccccc2n1CCCCOc1ccc(N)cc1. The standard InChI is InChI=1S/C20H25N3O/c1-15(2)20-22-18-7-3-4-8-19(18)23(20)13-5-6-14-24-17-11-9-16(21)10-12-17/h3-4,7-12,15H,5-6,13-14,21H2,1-2H3. The Balaban J connectivity index is 1.57. The average Bonchev–Trinajstić information content (AvgIpc) is 2.95. The Morgan fingerprint density at radius 2 is 1.79 bits per heavy atom. The number of imidazole rings is 1. The summed E-state index contributed by atoms with van der Waals surface area (Å²) in [5, 5.41) is 0. The highest BCUT2D eigenvalue weighted by atomic mass is 16.5. The summed E-state index contributed by atoms with van der Waals surface area (Å²) in [6.07, 6.45) is 2.07. The lowest BCUT2D eigenvalue weighted by molar-refractivity contribution is 0.303. The summed E-state index contributed by atoms with van der Waals surface area (Å²) >= 11 is 0. The van der Waals surface area contributed by atoms with Crippen molar-refractivity contribution in [3.8, 4) is 5.75 Å². The highest BCUT2D eigenvalue weighted by molar-refractivity contribution is 5.76. The smallest absolute Gasteiger partial charge is 0.119 e. The predicted octanol–water partition coefficient (Wildman–Crippen LogP) is 4.60. The number of hydrogen-bond acceptors (Lipinski definition) is 3. The third-order valence-corrected chi connectivity index (χ3v) is 4.13. The fourth-order valence-corrected chi connectivity index (χ4v) is 2.90. The van der Waals surface area contributed by atoms with Crippen molar-refractivity contribution in [3.05, 3.63) is 54.4 Å². The van der Waals surface area contributed by atoms with Gasteiger partial charge in [-0.15, -0.1) is 0 Å². The molecule has 0 fully saturated rings. The molecule has 4 heteroatoms. The Hall–Kier alpha value is -2.49. The van der Waals surface area contributed by atoms with E-state index in [1.165, 1.54) is 5.52 Å². The molecule has 0 spiro atoms. The van der Waals surface area contributed by atoms with Crippen LogP contribution in [-0.4, -0.2) is 16.2 Å². The molecule has 24 heavy (non-hydrogen) atoms. The van der Waals surface area contributed by atoms with Crippen LogP contribution in [0.1, 0.15) is 38.4 Å². The minimum atomic E-state index is 0.420. The zero-order valence-corrected chi connectivity index (χ0v) is 14.4. The number of aryl methyl sites for hydroxylation is 1. The summed E-state index contributed by atoms with van der Waals surface area (Å²) in [5.41, 5.74) is 8.74. The Labute approximate surface area is 143 Å². The maximum atomic E-state index is 5.77. The van der Waals surface area contributed by atoms with Gasteiger partial charge >= 0.3 is 0 Å². The van der Waals surface area contributed by atoms with E-state index in [1.807, 2.05) is 30.3 Å². The van der Waals surface area contributed by atoms with Crippen LogP contribution in [0, 0.1) is 0 Å². The number of anilines is 1. The maximum Gasteiger partial charge on any atom is 0.119 e. The van der Waals surface area contributed by atoms with Crippen molar-refractivity contribution in [2.75, 3.05) is 12.3 Å². The van der Waals surface area contributed by atoms with E-state index in [9.17, 15) is 0 Å². The van der Waals surface area contributed by atoms with E-state index in [0.717, 1.165) is 42.2 Å². The number of para-hydroxylation sites is 2. The monoisotopic (exact) mass is 323 g/mol. The van der Waals surface area contributed by atoms with Crippen LogP contribution in [0.5, 0.6) is 5.75 Å². The second-order valence-corrected chi connectivity index (χ2v) is 6.39. The lowest BCUT2D eigenvalue weighted by Gasteiger charge is -2.12. The first-order chi connectivity index (χ1) is 11.6. The van der Waals surface area contributed by atoms with E-state index in [1.54, 1.807) is 0 Å². The first kappa shape index (κ1) is 16.4. The molecule has 0 aliphatic carbocycles. The van der Waals surface area contributed by atoms with Crippen LogP contribution in [0.4, 0.5) is 5.69 Å². The molecule has 0 unspecified atom stereocenters. The molecule has 2 aromatic carbocycles. The minimum Gasteiger partial charge on any atom is -0.494 e. The highest BCUT2D eigenvalue weighted by Gasteiger charge is 2.12. The van der Waals surface area contributed by atoms with Gasteiger partial charge in [0.1, 0.15) is 11.6 Å². The van der Waals surface area contributed by atoms with Crippen LogP contribution in [0.25, 0.3) is 11.0 Å². The average molecular weight is 323 g/mol. The maximum absolute atomic E-state index is 5.77. The van der Waals surface area contributed by atoms with Gasteiger partial charge in [-0.25, -0.2) is 4.98 Å². The quantitative estimate of drug-likeness (QED) is 0.510.